The van der Waals surface area contributed by atoms with E-state index in [1.165, 1.54) is 16.6 Å². The maximum Gasteiger partial charge on any atom is 0.244 e. The van der Waals surface area contributed by atoms with Crippen LogP contribution in [0.2, 0.25) is 0 Å². The second kappa shape index (κ2) is 9.41. The Morgan fingerprint density at radius 1 is 1.07 bits per heavy atom. The van der Waals surface area contributed by atoms with E-state index in [0.29, 0.717) is 6.54 Å². The topological polar surface area (TPSA) is 47.5 Å². The summed E-state index contributed by atoms with van der Waals surface area (Å²) >= 11 is 0. The van der Waals surface area contributed by atoms with E-state index in [4.69, 9.17) is 9.47 Å². The molecule has 0 aliphatic rings. The molecule has 146 valence electrons. The number of halogens is 1. The molecule has 3 aromatic rings. The molecule has 1 heterocycles. The predicted molar refractivity (Wildman–Crippen MR) is 102 cm³/mol. The van der Waals surface area contributed by atoms with Crippen LogP contribution in [-0.4, -0.2) is 29.5 Å². The molecule has 5 nitrogen and oxygen atoms in total. The van der Waals surface area contributed by atoms with Gasteiger partial charge in [-0.1, -0.05) is 0 Å². The standard InChI is InChI=1S/C21H27N2O3.HI/c1-5-22-14-23(21-11-16(3)15(2)10-20(21)22)12-17(24)13-26-19-8-6-18(25-4)7-9-19;/h6-11,14,17,24H,5,12-13H2,1-4H3;1H/q+1;/p-1. The Labute approximate surface area is 177 Å². The molecule has 1 atom stereocenters. The largest absolute Gasteiger partial charge is 1.00 e. The van der Waals surface area contributed by atoms with Gasteiger partial charge < -0.3 is 38.6 Å². The number of fused-ring (bicyclic) bond motifs is 1. The van der Waals surface area contributed by atoms with Crippen LogP contribution in [0.15, 0.2) is 42.7 Å². The number of aryl methyl sites for hydroxylation is 3. The molecule has 0 fully saturated rings. The molecular weight excluding hydrogens is 455 g/mol. The van der Waals surface area contributed by atoms with Crippen LogP contribution in [-0.2, 0) is 13.1 Å². The molecule has 0 saturated carbocycles. The molecule has 1 N–H and O–H groups in total. The van der Waals surface area contributed by atoms with Crippen molar-refractivity contribution in [2.45, 2.75) is 40.0 Å². The van der Waals surface area contributed by atoms with E-state index in [2.05, 4.69) is 48.4 Å². The van der Waals surface area contributed by atoms with Gasteiger partial charge in [-0.2, -0.15) is 0 Å². The molecule has 1 unspecified atom stereocenters. The van der Waals surface area contributed by atoms with Crippen LogP contribution in [0.3, 0.4) is 0 Å². The monoisotopic (exact) mass is 482 g/mol. The number of aliphatic hydroxyl groups is 1. The third kappa shape index (κ3) is 4.93. The van der Waals surface area contributed by atoms with Gasteiger partial charge in [-0.05, 0) is 68.3 Å². The van der Waals surface area contributed by atoms with Crippen LogP contribution in [0, 0.1) is 13.8 Å². The molecular formula is C21H27IN2O3. The Hall–Kier alpha value is -1.80. The van der Waals surface area contributed by atoms with E-state index < -0.39 is 6.10 Å². The first kappa shape index (κ1) is 21.5. The van der Waals surface area contributed by atoms with Gasteiger partial charge in [0.05, 0.1) is 13.7 Å². The second-order valence-electron chi connectivity index (χ2n) is 6.62. The number of rotatable bonds is 7. The molecule has 0 spiro atoms. The van der Waals surface area contributed by atoms with Crippen molar-refractivity contribution >= 4 is 11.0 Å². The maximum atomic E-state index is 10.5. The number of aromatic nitrogens is 2. The van der Waals surface area contributed by atoms with Crippen molar-refractivity contribution in [1.29, 1.82) is 0 Å². The van der Waals surface area contributed by atoms with Crippen LogP contribution in [0.25, 0.3) is 11.0 Å². The molecule has 6 heteroatoms. The van der Waals surface area contributed by atoms with Gasteiger partial charge in [0.2, 0.25) is 6.33 Å². The van der Waals surface area contributed by atoms with Gasteiger partial charge in [-0.15, -0.1) is 0 Å². The number of ether oxygens (including phenoxy) is 2. The van der Waals surface area contributed by atoms with Gasteiger partial charge in [0, 0.05) is 0 Å². The summed E-state index contributed by atoms with van der Waals surface area (Å²) in [5, 5.41) is 10.5. The van der Waals surface area contributed by atoms with Crippen molar-refractivity contribution in [3.05, 3.63) is 53.9 Å². The SMILES string of the molecule is CCn1c[n+](CC(O)COc2ccc(OC)cc2)c2cc(C)c(C)cc21.[I-]. The highest BCUT2D eigenvalue weighted by Crippen LogP contribution is 2.19. The van der Waals surface area contributed by atoms with Gasteiger partial charge in [0.15, 0.2) is 11.0 Å². The van der Waals surface area contributed by atoms with Crippen molar-refractivity contribution in [3.8, 4) is 11.5 Å². The van der Waals surface area contributed by atoms with E-state index in [9.17, 15) is 5.11 Å². The van der Waals surface area contributed by atoms with E-state index in [1.54, 1.807) is 7.11 Å². The highest BCUT2D eigenvalue weighted by molar-refractivity contribution is 5.74. The lowest BCUT2D eigenvalue weighted by molar-refractivity contribution is -0.679. The Kier molecular flexibility index (Phi) is 7.49. The van der Waals surface area contributed by atoms with Gasteiger partial charge in [0.25, 0.3) is 0 Å². The van der Waals surface area contributed by atoms with Gasteiger partial charge in [-0.3, -0.25) is 0 Å². The summed E-state index contributed by atoms with van der Waals surface area (Å²) in [6.45, 7) is 7.99. The number of benzene rings is 2. The van der Waals surface area contributed by atoms with Gasteiger partial charge >= 0.3 is 0 Å². The van der Waals surface area contributed by atoms with E-state index >= 15 is 0 Å². The highest BCUT2D eigenvalue weighted by atomic mass is 127. The Bertz CT molecular complexity index is 891. The van der Waals surface area contributed by atoms with Crippen LogP contribution >= 0.6 is 0 Å². The minimum Gasteiger partial charge on any atom is -1.00 e. The quantitative estimate of drug-likeness (QED) is 0.382. The third-order valence-corrected chi connectivity index (χ3v) is 4.74. The first-order valence-corrected chi connectivity index (χ1v) is 8.96. The number of aliphatic hydroxyl groups excluding tert-OH is 1. The van der Waals surface area contributed by atoms with Crippen molar-refractivity contribution in [1.82, 2.24) is 4.57 Å². The van der Waals surface area contributed by atoms with Gasteiger partial charge in [0.1, 0.15) is 30.8 Å². The number of methoxy groups -OCH3 is 1. The minimum atomic E-state index is -0.598. The first-order valence-electron chi connectivity index (χ1n) is 8.96. The molecule has 0 bridgehead atoms. The van der Waals surface area contributed by atoms with Crippen molar-refractivity contribution in [2.75, 3.05) is 13.7 Å². The molecule has 0 aliphatic carbocycles. The van der Waals surface area contributed by atoms with E-state index in [1.807, 2.05) is 24.3 Å². The maximum absolute atomic E-state index is 10.5. The molecule has 2 aromatic carbocycles. The molecule has 0 radical (unpaired) electrons. The summed E-state index contributed by atoms with van der Waals surface area (Å²) in [6, 6.07) is 11.8. The first-order chi connectivity index (χ1) is 12.5. The molecule has 0 amide bonds. The molecule has 27 heavy (non-hydrogen) atoms. The number of imidazole rings is 1. The molecule has 1 aromatic heterocycles. The lowest BCUT2D eigenvalue weighted by Gasteiger charge is -2.11. The minimum absolute atomic E-state index is 0. The van der Waals surface area contributed by atoms with Crippen LogP contribution in [0.1, 0.15) is 18.1 Å². The molecule has 0 aliphatic heterocycles. The Morgan fingerprint density at radius 3 is 2.33 bits per heavy atom. The fourth-order valence-corrected chi connectivity index (χ4v) is 3.08. The van der Waals surface area contributed by atoms with E-state index in [0.717, 1.165) is 23.6 Å². The fourth-order valence-electron chi connectivity index (χ4n) is 3.08. The average molecular weight is 482 g/mol. The normalized spacial score (nSPS) is 11.9. The number of hydrogen-bond acceptors (Lipinski definition) is 3. The van der Waals surface area contributed by atoms with Crippen LogP contribution in [0.5, 0.6) is 11.5 Å². The smallest absolute Gasteiger partial charge is 0.244 e. The van der Waals surface area contributed by atoms with Crippen molar-refractivity contribution < 1.29 is 43.1 Å². The molecule has 0 saturated heterocycles. The van der Waals surface area contributed by atoms with Crippen LogP contribution in [0.4, 0.5) is 0 Å². The fraction of sp³-hybridized carbons (Fsp3) is 0.381. The zero-order chi connectivity index (χ0) is 18.7. The van der Waals surface area contributed by atoms with E-state index in [-0.39, 0.29) is 30.6 Å². The van der Waals surface area contributed by atoms with Gasteiger partial charge in [-0.25, -0.2) is 9.13 Å². The Balaban J connectivity index is 0.00000261. The number of nitrogens with zero attached hydrogens (tertiary/aromatic N) is 2. The zero-order valence-corrected chi connectivity index (χ0v) is 18.4. The van der Waals surface area contributed by atoms with Crippen LogP contribution < -0.4 is 38.0 Å². The second-order valence-corrected chi connectivity index (χ2v) is 6.62. The predicted octanol–water partition coefficient (Wildman–Crippen LogP) is 0.0180. The highest BCUT2D eigenvalue weighted by Gasteiger charge is 2.19. The van der Waals surface area contributed by atoms with Crippen molar-refractivity contribution in [2.24, 2.45) is 0 Å². The lowest BCUT2D eigenvalue weighted by Crippen LogP contribution is -3.00. The Morgan fingerprint density at radius 2 is 1.70 bits per heavy atom. The number of hydrogen-bond donors (Lipinski definition) is 1. The third-order valence-electron chi connectivity index (χ3n) is 4.74. The lowest BCUT2D eigenvalue weighted by atomic mass is 10.1. The summed E-state index contributed by atoms with van der Waals surface area (Å²) in [6.07, 6.45) is 1.47. The summed E-state index contributed by atoms with van der Waals surface area (Å²) in [7, 11) is 1.63. The summed E-state index contributed by atoms with van der Waals surface area (Å²) < 4.78 is 15.1. The summed E-state index contributed by atoms with van der Waals surface area (Å²) in [4.78, 5) is 0. The average Bonchev–Trinajstić information content (AvgIpc) is 2.97. The van der Waals surface area contributed by atoms with Crippen molar-refractivity contribution in [3.63, 3.8) is 0 Å². The summed E-state index contributed by atoms with van der Waals surface area (Å²) in [5.74, 6) is 1.50. The zero-order valence-electron chi connectivity index (χ0n) is 16.3. The molecule has 3 rings (SSSR count). The summed E-state index contributed by atoms with van der Waals surface area (Å²) in [5.41, 5.74) is 4.86.